The summed E-state index contributed by atoms with van der Waals surface area (Å²) in [6.07, 6.45) is 1.33. The van der Waals surface area contributed by atoms with Gasteiger partial charge >= 0.3 is 12.1 Å². The summed E-state index contributed by atoms with van der Waals surface area (Å²) in [6, 6.07) is 15.3. The summed E-state index contributed by atoms with van der Waals surface area (Å²) < 4.78 is 68.9. The number of hydrogen-bond donors (Lipinski definition) is 1. The highest BCUT2D eigenvalue weighted by Gasteiger charge is 2.38. The fourth-order valence-corrected chi connectivity index (χ4v) is 3.41. The Hall–Kier alpha value is -3.24. The van der Waals surface area contributed by atoms with Crippen molar-refractivity contribution in [3.8, 4) is 0 Å². The normalized spacial score (nSPS) is 12.8. The van der Waals surface area contributed by atoms with Crippen molar-refractivity contribution in [1.29, 1.82) is 0 Å². The highest BCUT2D eigenvalue weighted by atomic mass is 32.2. The van der Waals surface area contributed by atoms with E-state index >= 15 is 0 Å². The number of aromatic nitrogens is 2. The second-order valence-corrected chi connectivity index (χ2v) is 7.79. The first-order valence-electron chi connectivity index (χ1n) is 8.64. The molecule has 1 N–H and O–H groups in total. The molecule has 0 aliphatic heterocycles. The quantitative estimate of drug-likeness (QED) is 0.600. The number of sulfonamides is 1. The van der Waals surface area contributed by atoms with Gasteiger partial charge in [0.25, 0.3) is 0 Å². The van der Waals surface area contributed by atoms with Gasteiger partial charge in [-0.15, -0.1) is 0 Å². The van der Waals surface area contributed by atoms with Crippen LogP contribution in [0.2, 0.25) is 0 Å². The number of rotatable bonds is 7. The van der Waals surface area contributed by atoms with E-state index in [0.717, 1.165) is 5.56 Å². The van der Waals surface area contributed by atoms with Gasteiger partial charge in [0.05, 0.1) is 4.90 Å². The number of hydrogen-bond acceptors (Lipinski definition) is 5. The van der Waals surface area contributed by atoms with Crippen LogP contribution >= 0.6 is 0 Å². The number of benzene rings is 2. The zero-order valence-electron chi connectivity index (χ0n) is 15.4. The van der Waals surface area contributed by atoms with E-state index in [1.54, 1.807) is 18.2 Å². The van der Waals surface area contributed by atoms with E-state index in [9.17, 15) is 21.6 Å². The third-order valence-corrected chi connectivity index (χ3v) is 5.20. The van der Waals surface area contributed by atoms with Gasteiger partial charge in [-0.25, -0.2) is 13.1 Å². The Morgan fingerprint density at radius 3 is 2.40 bits per heavy atom. The molecule has 0 amide bonds. The van der Waals surface area contributed by atoms with E-state index in [2.05, 4.69) is 19.4 Å². The minimum Gasteiger partial charge on any atom is -0.329 e. The lowest BCUT2D eigenvalue weighted by Gasteiger charge is -2.05. The monoisotopic (exact) mass is 435 g/mol. The van der Waals surface area contributed by atoms with Gasteiger partial charge in [0.15, 0.2) is 5.82 Å². The van der Waals surface area contributed by atoms with Gasteiger partial charge < -0.3 is 4.52 Å². The molecular formula is C20H16F3N3O3S. The van der Waals surface area contributed by atoms with Crippen LogP contribution < -0.4 is 4.72 Å². The van der Waals surface area contributed by atoms with Crippen molar-refractivity contribution in [3.05, 3.63) is 83.5 Å². The standard InChI is InChI=1S/C20H16F3N3O3S/c21-20(22,23)19-25-18(26-29-19)12-11-16-8-4-10-17(14-16)30(27,28)24-13-5-9-15-6-2-1-3-7-15/h1-12,14,24H,13H2/b9-5+,12-11+. The van der Waals surface area contributed by atoms with Gasteiger partial charge in [-0.2, -0.15) is 18.2 Å². The molecule has 0 atom stereocenters. The molecule has 0 fully saturated rings. The van der Waals surface area contributed by atoms with Crippen LogP contribution in [-0.2, 0) is 16.2 Å². The molecule has 6 nitrogen and oxygen atoms in total. The van der Waals surface area contributed by atoms with Crippen LogP contribution in [0, 0.1) is 0 Å². The average Bonchev–Trinajstić information content (AvgIpc) is 3.20. The first-order valence-corrected chi connectivity index (χ1v) is 10.1. The minimum atomic E-state index is -4.73. The van der Waals surface area contributed by atoms with Crippen molar-refractivity contribution in [2.24, 2.45) is 0 Å². The zero-order chi connectivity index (χ0) is 21.6. The summed E-state index contributed by atoms with van der Waals surface area (Å²) in [5.41, 5.74) is 1.38. The Balaban J connectivity index is 1.66. The lowest BCUT2D eigenvalue weighted by atomic mass is 10.2. The van der Waals surface area contributed by atoms with Crippen LogP contribution in [0.1, 0.15) is 22.8 Å². The van der Waals surface area contributed by atoms with Gasteiger partial charge in [-0.1, -0.05) is 65.8 Å². The van der Waals surface area contributed by atoms with Gasteiger partial charge in [0.1, 0.15) is 0 Å². The van der Waals surface area contributed by atoms with E-state index in [4.69, 9.17) is 0 Å². The van der Waals surface area contributed by atoms with E-state index in [-0.39, 0.29) is 17.3 Å². The van der Waals surface area contributed by atoms with Crippen molar-refractivity contribution in [2.75, 3.05) is 6.54 Å². The van der Waals surface area contributed by atoms with Gasteiger partial charge in [0, 0.05) is 6.54 Å². The smallest absolute Gasteiger partial charge is 0.329 e. The topological polar surface area (TPSA) is 85.1 Å². The van der Waals surface area contributed by atoms with Crippen molar-refractivity contribution in [3.63, 3.8) is 0 Å². The maximum Gasteiger partial charge on any atom is 0.471 e. The molecule has 0 saturated carbocycles. The highest BCUT2D eigenvalue weighted by Crippen LogP contribution is 2.27. The Labute approximate surface area is 170 Å². The summed E-state index contributed by atoms with van der Waals surface area (Å²) in [4.78, 5) is 3.23. The molecule has 3 aromatic rings. The summed E-state index contributed by atoms with van der Waals surface area (Å²) in [5.74, 6) is -1.73. The number of halogens is 3. The second kappa shape index (κ2) is 9.06. The molecule has 0 aliphatic carbocycles. The van der Waals surface area contributed by atoms with Crippen LogP contribution in [0.25, 0.3) is 18.2 Å². The zero-order valence-corrected chi connectivity index (χ0v) is 16.2. The maximum absolute atomic E-state index is 12.5. The highest BCUT2D eigenvalue weighted by molar-refractivity contribution is 7.89. The number of nitrogens with one attached hydrogen (secondary N) is 1. The van der Waals surface area contributed by atoms with Crippen molar-refractivity contribution in [1.82, 2.24) is 14.9 Å². The van der Waals surface area contributed by atoms with E-state index in [1.165, 1.54) is 30.4 Å². The molecule has 0 unspecified atom stereocenters. The maximum atomic E-state index is 12.5. The van der Waals surface area contributed by atoms with Gasteiger partial charge in [-0.05, 0) is 29.3 Å². The third-order valence-electron chi connectivity index (χ3n) is 3.78. The third kappa shape index (κ3) is 5.88. The van der Waals surface area contributed by atoms with Gasteiger partial charge in [0.2, 0.25) is 10.0 Å². The van der Waals surface area contributed by atoms with Crippen LogP contribution in [0.5, 0.6) is 0 Å². The largest absolute Gasteiger partial charge is 0.471 e. The Morgan fingerprint density at radius 2 is 1.70 bits per heavy atom. The van der Waals surface area contributed by atoms with Crippen LogP contribution in [0.3, 0.4) is 0 Å². The van der Waals surface area contributed by atoms with Crippen LogP contribution in [0.4, 0.5) is 13.2 Å². The number of nitrogens with zero attached hydrogens (tertiary/aromatic N) is 2. The predicted octanol–water partition coefficient (Wildman–Crippen LogP) is 4.25. The molecule has 0 saturated heterocycles. The Bertz CT molecular complexity index is 1150. The van der Waals surface area contributed by atoms with Crippen molar-refractivity contribution >= 4 is 28.3 Å². The molecule has 2 aromatic carbocycles. The van der Waals surface area contributed by atoms with E-state index in [0.29, 0.717) is 5.56 Å². The Morgan fingerprint density at radius 1 is 0.967 bits per heavy atom. The summed E-state index contributed by atoms with van der Waals surface area (Å²) in [6.45, 7) is 0.0976. The van der Waals surface area contributed by atoms with E-state index < -0.39 is 22.1 Å². The summed E-state index contributed by atoms with van der Waals surface area (Å²) in [7, 11) is -3.77. The lowest BCUT2D eigenvalue weighted by molar-refractivity contribution is -0.159. The first kappa shape index (κ1) is 21.5. The van der Waals surface area contributed by atoms with Crippen LogP contribution in [-0.4, -0.2) is 25.1 Å². The molecule has 1 heterocycles. The molecule has 10 heteroatoms. The molecule has 0 aliphatic rings. The average molecular weight is 435 g/mol. The molecule has 3 rings (SSSR count). The van der Waals surface area contributed by atoms with E-state index in [1.807, 2.05) is 30.3 Å². The summed E-state index contributed by atoms with van der Waals surface area (Å²) in [5, 5.41) is 3.21. The lowest BCUT2D eigenvalue weighted by Crippen LogP contribution is -2.23. The molecule has 156 valence electrons. The molecule has 30 heavy (non-hydrogen) atoms. The van der Waals surface area contributed by atoms with Crippen LogP contribution in [0.15, 0.2) is 70.1 Å². The Kier molecular flexibility index (Phi) is 6.48. The first-order chi connectivity index (χ1) is 14.2. The van der Waals surface area contributed by atoms with Gasteiger partial charge in [-0.3, -0.25) is 0 Å². The molecule has 0 spiro atoms. The fraction of sp³-hybridized carbons (Fsp3) is 0.100. The molecule has 0 radical (unpaired) electrons. The molecular weight excluding hydrogens is 419 g/mol. The fourth-order valence-electron chi connectivity index (χ4n) is 2.37. The second-order valence-electron chi connectivity index (χ2n) is 6.03. The molecule has 0 bridgehead atoms. The molecule has 1 aromatic heterocycles. The predicted molar refractivity (Wildman–Crippen MR) is 105 cm³/mol. The number of alkyl halides is 3. The summed E-state index contributed by atoms with van der Waals surface area (Å²) >= 11 is 0. The SMILES string of the molecule is O=S(=O)(NC/C=C/c1ccccc1)c1cccc(/C=C/c2noc(C(F)(F)F)n2)c1. The minimum absolute atomic E-state index is 0.0156. The van der Waals surface area contributed by atoms with Crippen molar-refractivity contribution in [2.45, 2.75) is 11.1 Å². The van der Waals surface area contributed by atoms with Crippen molar-refractivity contribution < 1.29 is 26.1 Å².